The molecule has 0 fully saturated rings. The summed E-state index contributed by atoms with van der Waals surface area (Å²) in [7, 11) is 1.99. The Morgan fingerprint density at radius 2 is 2.00 bits per heavy atom. The molecule has 1 atom stereocenters. The van der Waals surface area contributed by atoms with Crippen LogP contribution in [-0.4, -0.2) is 16.3 Å². The van der Waals surface area contributed by atoms with Gasteiger partial charge in [0.05, 0.1) is 5.69 Å². The fraction of sp³-hybridized carbons (Fsp3) is 0.471. The molecule has 1 N–H and O–H groups in total. The predicted molar refractivity (Wildman–Crippen MR) is 83.8 cm³/mol. The summed E-state index contributed by atoms with van der Waals surface area (Å²) < 4.78 is 1.91. The van der Waals surface area contributed by atoms with E-state index < -0.39 is 0 Å². The molecular formula is C17H25N3. The van der Waals surface area contributed by atoms with E-state index in [0.717, 1.165) is 25.9 Å². The molecule has 2 rings (SSSR count). The number of aryl methyl sites for hydroxylation is 2. The second-order valence-corrected chi connectivity index (χ2v) is 5.41. The number of aromatic nitrogens is 2. The highest BCUT2D eigenvalue weighted by Crippen LogP contribution is 2.17. The van der Waals surface area contributed by atoms with Crippen molar-refractivity contribution < 1.29 is 0 Å². The molecule has 1 heterocycles. The molecule has 0 bridgehead atoms. The third-order valence-corrected chi connectivity index (χ3v) is 3.76. The zero-order chi connectivity index (χ0) is 14.4. The molecule has 0 amide bonds. The molecule has 0 saturated heterocycles. The lowest BCUT2D eigenvalue weighted by atomic mass is 9.98. The Kier molecular flexibility index (Phi) is 5.36. The third kappa shape index (κ3) is 3.94. The highest BCUT2D eigenvalue weighted by Gasteiger charge is 2.07. The molecule has 3 nitrogen and oxygen atoms in total. The van der Waals surface area contributed by atoms with Crippen molar-refractivity contribution in [3.63, 3.8) is 0 Å². The number of rotatable bonds is 7. The Bertz CT molecular complexity index is 516. The highest BCUT2D eigenvalue weighted by atomic mass is 15.3. The molecule has 1 unspecified atom stereocenters. The van der Waals surface area contributed by atoms with Gasteiger partial charge in [0.25, 0.3) is 0 Å². The molecule has 0 saturated carbocycles. The van der Waals surface area contributed by atoms with E-state index in [1.54, 1.807) is 0 Å². The fourth-order valence-electron chi connectivity index (χ4n) is 2.52. The maximum atomic E-state index is 4.47. The van der Waals surface area contributed by atoms with Crippen molar-refractivity contribution in [3.8, 4) is 0 Å². The van der Waals surface area contributed by atoms with Crippen molar-refractivity contribution in [2.24, 2.45) is 7.05 Å². The summed E-state index contributed by atoms with van der Waals surface area (Å²) in [5, 5.41) is 8.00. The van der Waals surface area contributed by atoms with Crippen LogP contribution in [0.5, 0.6) is 0 Å². The lowest BCUT2D eigenvalue weighted by Gasteiger charge is -2.12. The lowest BCUT2D eigenvalue weighted by Crippen LogP contribution is -2.17. The molecule has 1 aromatic carbocycles. The monoisotopic (exact) mass is 271 g/mol. The molecule has 0 spiro atoms. The Morgan fingerprint density at radius 1 is 1.25 bits per heavy atom. The average Bonchev–Trinajstić information content (AvgIpc) is 2.84. The number of hydrogen-bond donors (Lipinski definition) is 1. The first-order valence-electron chi connectivity index (χ1n) is 7.47. The maximum Gasteiger partial charge on any atom is 0.0666 e. The van der Waals surface area contributed by atoms with Crippen LogP contribution >= 0.6 is 0 Å². The number of nitrogens with one attached hydrogen (secondary N) is 1. The zero-order valence-electron chi connectivity index (χ0n) is 12.8. The van der Waals surface area contributed by atoms with Gasteiger partial charge in [0.15, 0.2) is 0 Å². The van der Waals surface area contributed by atoms with Gasteiger partial charge in [0, 0.05) is 25.4 Å². The van der Waals surface area contributed by atoms with Gasteiger partial charge >= 0.3 is 0 Å². The number of benzene rings is 1. The molecule has 0 radical (unpaired) electrons. The molecule has 3 heteroatoms. The van der Waals surface area contributed by atoms with Crippen LogP contribution in [0.25, 0.3) is 0 Å². The minimum absolute atomic E-state index is 0.600. The van der Waals surface area contributed by atoms with Gasteiger partial charge in [-0.2, -0.15) is 5.10 Å². The van der Waals surface area contributed by atoms with Crippen molar-refractivity contribution in [2.75, 3.05) is 6.54 Å². The Morgan fingerprint density at radius 3 is 2.70 bits per heavy atom. The topological polar surface area (TPSA) is 29.9 Å². The molecule has 108 valence electrons. The summed E-state index contributed by atoms with van der Waals surface area (Å²) in [5.41, 5.74) is 3.95. The van der Waals surface area contributed by atoms with Gasteiger partial charge < -0.3 is 5.32 Å². The zero-order valence-corrected chi connectivity index (χ0v) is 12.8. The van der Waals surface area contributed by atoms with E-state index in [0.29, 0.717) is 5.92 Å². The third-order valence-electron chi connectivity index (χ3n) is 3.76. The van der Waals surface area contributed by atoms with E-state index in [1.807, 2.05) is 11.7 Å². The van der Waals surface area contributed by atoms with Gasteiger partial charge in [0.2, 0.25) is 0 Å². The summed E-state index contributed by atoms with van der Waals surface area (Å²) in [6, 6.07) is 10.7. The SMILES string of the molecule is CCc1nn(C)cc1CNCCC(C)c1ccccc1. The van der Waals surface area contributed by atoms with Crippen molar-refractivity contribution in [2.45, 2.75) is 39.2 Å². The van der Waals surface area contributed by atoms with E-state index in [1.165, 1.54) is 16.8 Å². The van der Waals surface area contributed by atoms with E-state index in [9.17, 15) is 0 Å². The van der Waals surface area contributed by atoms with Crippen LogP contribution in [0.2, 0.25) is 0 Å². The molecular weight excluding hydrogens is 246 g/mol. The molecule has 2 aromatic rings. The van der Waals surface area contributed by atoms with Crippen LogP contribution in [0.1, 0.15) is 43.0 Å². The average molecular weight is 271 g/mol. The first-order chi connectivity index (χ1) is 9.70. The molecule has 0 aliphatic heterocycles. The van der Waals surface area contributed by atoms with Crippen LogP contribution in [0.3, 0.4) is 0 Å². The maximum absolute atomic E-state index is 4.47. The number of nitrogens with zero attached hydrogens (tertiary/aromatic N) is 2. The summed E-state index contributed by atoms with van der Waals surface area (Å²) in [6.07, 6.45) is 4.27. The predicted octanol–water partition coefficient (Wildman–Crippen LogP) is 3.27. The standard InChI is InChI=1S/C17H25N3/c1-4-17-16(13-20(3)19-17)12-18-11-10-14(2)15-8-6-5-7-9-15/h5-9,13-14,18H,4,10-12H2,1-3H3. The van der Waals surface area contributed by atoms with E-state index in [2.05, 4.69) is 60.8 Å². The van der Waals surface area contributed by atoms with Crippen LogP contribution in [0.4, 0.5) is 0 Å². The van der Waals surface area contributed by atoms with Crippen LogP contribution in [0.15, 0.2) is 36.5 Å². The Hall–Kier alpha value is -1.61. The first-order valence-corrected chi connectivity index (χ1v) is 7.47. The first kappa shape index (κ1) is 14.8. The summed E-state index contributed by atoms with van der Waals surface area (Å²) in [5.74, 6) is 0.600. The smallest absolute Gasteiger partial charge is 0.0666 e. The largest absolute Gasteiger partial charge is 0.313 e. The second kappa shape index (κ2) is 7.25. The van der Waals surface area contributed by atoms with Gasteiger partial charge in [-0.1, -0.05) is 44.2 Å². The molecule has 0 aliphatic rings. The minimum Gasteiger partial charge on any atom is -0.313 e. The van der Waals surface area contributed by atoms with Gasteiger partial charge in [-0.3, -0.25) is 4.68 Å². The Balaban J connectivity index is 1.76. The normalized spacial score (nSPS) is 12.6. The van der Waals surface area contributed by atoms with Crippen molar-refractivity contribution in [1.82, 2.24) is 15.1 Å². The van der Waals surface area contributed by atoms with Gasteiger partial charge in [-0.05, 0) is 30.9 Å². The summed E-state index contributed by atoms with van der Waals surface area (Å²) >= 11 is 0. The lowest BCUT2D eigenvalue weighted by molar-refractivity contribution is 0.593. The second-order valence-electron chi connectivity index (χ2n) is 5.41. The van der Waals surface area contributed by atoms with Crippen LogP contribution in [-0.2, 0) is 20.0 Å². The van der Waals surface area contributed by atoms with Crippen molar-refractivity contribution in [1.29, 1.82) is 0 Å². The highest BCUT2D eigenvalue weighted by molar-refractivity contribution is 5.19. The van der Waals surface area contributed by atoms with Crippen LogP contribution in [0, 0.1) is 0 Å². The van der Waals surface area contributed by atoms with Crippen molar-refractivity contribution >= 4 is 0 Å². The van der Waals surface area contributed by atoms with Gasteiger partial charge in [-0.25, -0.2) is 0 Å². The van der Waals surface area contributed by atoms with E-state index in [4.69, 9.17) is 0 Å². The Labute approximate surface area is 122 Å². The van der Waals surface area contributed by atoms with Crippen molar-refractivity contribution in [3.05, 3.63) is 53.3 Å². The van der Waals surface area contributed by atoms with Gasteiger partial charge in [0.1, 0.15) is 0 Å². The molecule has 20 heavy (non-hydrogen) atoms. The number of hydrogen-bond acceptors (Lipinski definition) is 2. The van der Waals surface area contributed by atoms with E-state index in [-0.39, 0.29) is 0 Å². The molecule has 1 aromatic heterocycles. The van der Waals surface area contributed by atoms with E-state index >= 15 is 0 Å². The quantitative estimate of drug-likeness (QED) is 0.783. The summed E-state index contributed by atoms with van der Waals surface area (Å²) in [4.78, 5) is 0. The minimum atomic E-state index is 0.600. The fourth-order valence-corrected chi connectivity index (χ4v) is 2.52. The van der Waals surface area contributed by atoms with Gasteiger partial charge in [-0.15, -0.1) is 0 Å². The summed E-state index contributed by atoms with van der Waals surface area (Å²) in [6.45, 7) is 6.40. The molecule has 0 aliphatic carbocycles. The van der Waals surface area contributed by atoms with Crippen LogP contribution < -0.4 is 5.32 Å².